The molecule has 1 fully saturated rings. The Morgan fingerprint density at radius 1 is 0.838 bits per heavy atom. The molecule has 0 N–H and O–H groups in total. The first-order valence-corrected chi connectivity index (χ1v) is 12.1. The van der Waals surface area contributed by atoms with E-state index in [2.05, 4.69) is 0 Å². The van der Waals surface area contributed by atoms with Gasteiger partial charge >= 0.3 is 0 Å². The number of nitrogens with zero attached hydrogens (tertiary/aromatic N) is 1. The molecule has 188 valence electrons. The predicted molar refractivity (Wildman–Crippen MR) is 139 cm³/mol. The van der Waals surface area contributed by atoms with Gasteiger partial charge in [0.1, 0.15) is 24.0 Å². The maximum Gasteiger partial charge on any atom is 0.230 e. The topological polar surface area (TPSA) is 46.6 Å². The second kappa shape index (κ2) is 12.1. The molecule has 37 heavy (non-hydrogen) atoms. The van der Waals surface area contributed by atoms with Crippen LogP contribution >= 0.6 is 0 Å². The van der Waals surface area contributed by atoms with Crippen molar-refractivity contribution in [2.75, 3.05) is 4.90 Å². The Kier molecular flexibility index (Phi) is 8.41. The number of carbonyl (C=O) groups excluding carboxylic acids is 2. The lowest BCUT2D eigenvalue weighted by atomic mass is 9.93. The van der Waals surface area contributed by atoms with E-state index in [1.54, 1.807) is 24.0 Å². The molecule has 0 spiro atoms. The molecule has 1 aliphatic heterocycles. The first-order chi connectivity index (χ1) is 17.9. The quantitative estimate of drug-likeness (QED) is 0.198. The summed E-state index contributed by atoms with van der Waals surface area (Å²) in [5, 5.41) is 0. The third-order valence-electron chi connectivity index (χ3n) is 6.05. The average Bonchev–Trinajstić information content (AvgIpc) is 2.93. The van der Waals surface area contributed by atoms with E-state index in [-0.39, 0.29) is 29.4 Å². The molecule has 0 radical (unpaired) electrons. The zero-order chi connectivity index (χ0) is 26.2. The molecular weight excluding hydrogens is 472 g/mol. The molecule has 0 aromatic heterocycles. The number of benzene rings is 4. The Hall–Kier alpha value is -4.32. The zero-order valence-corrected chi connectivity index (χ0v) is 20.4. The summed E-state index contributed by atoms with van der Waals surface area (Å²) >= 11 is 0. The molecule has 1 unspecified atom stereocenters. The molecule has 1 heterocycles. The van der Waals surface area contributed by atoms with Crippen LogP contribution in [0.1, 0.15) is 47.3 Å². The number of hydrogen-bond donors (Lipinski definition) is 0. The van der Waals surface area contributed by atoms with E-state index in [0.29, 0.717) is 25.0 Å². The highest BCUT2D eigenvalue weighted by molar-refractivity contribution is 6.01. The monoisotopic (exact) mass is 499 g/mol. The van der Waals surface area contributed by atoms with E-state index >= 15 is 0 Å². The standard InChI is InChI=1S/C22H18FNO2.C9H9FO/c23-18-8-10-19(11-9-18)24-21(14-22(24)25)17-6-12-20(13-7-17)26-15-16-4-2-1-3-5-16;1-2-9(11)7-3-5-8(10)6-4-7/h1-13,21H,14-15H2;3-6H,2H2,1H3. The first kappa shape index (κ1) is 25.8. The molecule has 0 bridgehead atoms. The van der Waals surface area contributed by atoms with Gasteiger partial charge in [-0.2, -0.15) is 0 Å². The van der Waals surface area contributed by atoms with Crippen LogP contribution in [0.2, 0.25) is 0 Å². The van der Waals surface area contributed by atoms with Gasteiger partial charge in [0.15, 0.2) is 5.78 Å². The van der Waals surface area contributed by atoms with Crippen LogP contribution in [0.25, 0.3) is 0 Å². The van der Waals surface area contributed by atoms with Crippen LogP contribution in [0.15, 0.2) is 103 Å². The smallest absolute Gasteiger partial charge is 0.230 e. The Morgan fingerprint density at radius 3 is 2.00 bits per heavy atom. The number of ketones is 1. The lowest BCUT2D eigenvalue weighted by molar-refractivity contribution is -0.124. The lowest BCUT2D eigenvalue weighted by Gasteiger charge is -2.40. The fourth-order valence-electron chi connectivity index (χ4n) is 3.98. The summed E-state index contributed by atoms with van der Waals surface area (Å²) in [7, 11) is 0. The number of anilines is 1. The number of halogens is 2. The van der Waals surface area contributed by atoms with E-state index in [1.807, 2.05) is 54.6 Å². The summed E-state index contributed by atoms with van der Waals surface area (Å²) in [6.45, 7) is 2.30. The second-order valence-electron chi connectivity index (χ2n) is 8.59. The number of ether oxygens (including phenoxy) is 1. The van der Waals surface area contributed by atoms with Crippen LogP contribution in [0.3, 0.4) is 0 Å². The fraction of sp³-hybridized carbons (Fsp3) is 0.161. The molecule has 4 nitrogen and oxygen atoms in total. The van der Waals surface area contributed by atoms with Crippen molar-refractivity contribution in [1.82, 2.24) is 0 Å². The number of rotatable bonds is 7. The highest BCUT2D eigenvalue weighted by Gasteiger charge is 2.38. The molecule has 5 rings (SSSR count). The van der Waals surface area contributed by atoms with Gasteiger partial charge < -0.3 is 9.64 Å². The minimum Gasteiger partial charge on any atom is -0.489 e. The fourth-order valence-corrected chi connectivity index (χ4v) is 3.98. The molecule has 1 amide bonds. The maximum absolute atomic E-state index is 13.1. The largest absolute Gasteiger partial charge is 0.489 e. The van der Waals surface area contributed by atoms with Crippen LogP contribution in [-0.4, -0.2) is 11.7 Å². The first-order valence-electron chi connectivity index (χ1n) is 12.1. The van der Waals surface area contributed by atoms with Gasteiger partial charge in [-0.25, -0.2) is 8.78 Å². The van der Waals surface area contributed by atoms with Crippen LogP contribution in [0, 0.1) is 11.6 Å². The molecule has 0 saturated carbocycles. The lowest BCUT2D eigenvalue weighted by Crippen LogP contribution is -2.46. The summed E-state index contributed by atoms with van der Waals surface area (Å²) in [5.74, 6) is 0.267. The van der Waals surface area contributed by atoms with Crippen molar-refractivity contribution in [2.24, 2.45) is 0 Å². The second-order valence-corrected chi connectivity index (χ2v) is 8.59. The van der Waals surface area contributed by atoms with Crippen LogP contribution < -0.4 is 9.64 Å². The number of amides is 1. The third-order valence-corrected chi connectivity index (χ3v) is 6.05. The predicted octanol–water partition coefficient (Wildman–Crippen LogP) is 7.30. The Labute approximate surface area is 215 Å². The van der Waals surface area contributed by atoms with Gasteiger partial charge in [0.2, 0.25) is 5.91 Å². The normalized spacial score (nSPS) is 14.3. The maximum atomic E-state index is 13.1. The van der Waals surface area contributed by atoms with Crippen molar-refractivity contribution in [3.8, 4) is 5.75 Å². The summed E-state index contributed by atoms with van der Waals surface area (Å²) in [6.07, 6.45) is 0.924. The molecule has 4 aromatic rings. The average molecular weight is 500 g/mol. The molecule has 1 atom stereocenters. The molecule has 4 aromatic carbocycles. The van der Waals surface area contributed by atoms with Gasteiger partial charge in [0, 0.05) is 17.7 Å². The van der Waals surface area contributed by atoms with E-state index in [0.717, 1.165) is 22.6 Å². The molecule has 1 aliphatic rings. The van der Waals surface area contributed by atoms with Crippen LogP contribution in [-0.2, 0) is 11.4 Å². The van der Waals surface area contributed by atoms with Gasteiger partial charge in [0.05, 0.1) is 12.5 Å². The van der Waals surface area contributed by atoms with Gasteiger partial charge in [-0.15, -0.1) is 0 Å². The Balaban J connectivity index is 0.000000245. The highest BCUT2D eigenvalue weighted by atomic mass is 19.1. The van der Waals surface area contributed by atoms with E-state index in [4.69, 9.17) is 4.74 Å². The molecular formula is C31H27F2NO3. The van der Waals surface area contributed by atoms with Crippen molar-refractivity contribution in [1.29, 1.82) is 0 Å². The minimum absolute atomic E-state index is 0.0175. The van der Waals surface area contributed by atoms with Crippen LogP contribution in [0.4, 0.5) is 14.5 Å². The van der Waals surface area contributed by atoms with Crippen LogP contribution in [0.5, 0.6) is 5.75 Å². The molecule has 6 heteroatoms. The van der Waals surface area contributed by atoms with E-state index in [9.17, 15) is 18.4 Å². The summed E-state index contributed by atoms with van der Waals surface area (Å²) < 4.78 is 31.3. The highest BCUT2D eigenvalue weighted by Crippen LogP contribution is 2.39. The Morgan fingerprint density at radius 2 is 1.43 bits per heavy atom. The van der Waals surface area contributed by atoms with Crippen molar-refractivity contribution in [2.45, 2.75) is 32.4 Å². The minimum atomic E-state index is -0.308. The number of β-lactam (4-membered cyclic amide) rings is 1. The number of hydrogen-bond acceptors (Lipinski definition) is 3. The van der Waals surface area contributed by atoms with Crippen molar-refractivity contribution in [3.63, 3.8) is 0 Å². The number of Topliss-reactive ketones (excluding diaryl/α,β-unsaturated/α-hetero) is 1. The van der Waals surface area contributed by atoms with E-state index in [1.165, 1.54) is 36.4 Å². The Bertz CT molecular complexity index is 1320. The van der Waals surface area contributed by atoms with Crippen molar-refractivity contribution in [3.05, 3.63) is 131 Å². The van der Waals surface area contributed by atoms with E-state index < -0.39 is 0 Å². The number of carbonyl (C=O) groups is 2. The zero-order valence-electron chi connectivity index (χ0n) is 20.4. The van der Waals surface area contributed by atoms with Crippen molar-refractivity contribution >= 4 is 17.4 Å². The van der Waals surface area contributed by atoms with Gasteiger partial charge in [0.25, 0.3) is 0 Å². The van der Waals surface area contributed by atoms with Gasteiger partial charge in [-0.05, 0) is 71.8 Å². The SMILES string of the molecule is CCC(=O)c1ccc(F)cc1.O=C1CC(c2ccc(OCc3ccccc3)cc2)N1c1ccc(F)cc1. The summed E-state index contributed by atoms with van der Waals surface area (Å²) in [6, 6.07) is 29.4. The van der Waals surface area contributed by atoms with Gasteiger partial charge in [-0.3, -0.25) is 9.59 Å². The summed E-state index contributed by atoms with van der Waals surface area (Å²) in [5.41, 5.74) is 3.45. The third kappa shape index (κ3) is 6.67. The molecule has 0 aliphatic carbocycles. The molecule has 1 saturated heterocycles. The summed E-state index contributed by atoms with van der Waals surface area (Å²) in [4.78, 5) is 24.7. The van der Waals surface area contributed by atoms with Gasteiger partial charge in [-0.1, -0.05) is 49.4 Å². The van der Waals surface area contributed by atoms with Crippen molar-refractivity contribution < 1.29 is 23.1 Å².